The third-order valence-electron chi connectivity index (χ3n) is 2.94. The molecular formula is C15H16N4O. The largest absolute Gasteiger partial charge is 0.399 e. The summed E-state index contributed by atoms with van der Waals surface area (Å²) in [6.45, 7) is 0.658. The number of carbonyl (C=O) groups is 1. The molecule has 0 radical (unpaired) electrons. The van der Waals surface area contributed by atoms with Crippen molar-refractivity contribution in [2.24, 2.45) is 0 Å². The molecule has 5 nitrogen and oxygen atoms in total. The number of nitrogens with two attached hydrogens (primary N) is 1. The second-order valence-electron chi connectivity index (χ2n) is 4.47. The number of nitrogens with one attached hydrogen (secondary N) is 1. The van der Waals surface area contributed by atoms with E-state index in [1.54, 1.807) is 30.3 Å². The maximum Gasteiger partial charge on any atom is 0.224 e. The van der Waals surface area contributed by atoms with E-state index < -0.39 is 0 Å². The van der Waals surface area contributed by atoms with Gasteiger partial charge in [-0.25, -0.2) is 0 Å². The summed E-state index contributed by atoms with van der Waals surface area (Å²) in [7, 11) is 0. The first kappa shape index (κ1) is 13.7. The average molecular weight is 268 g/mol. The molecular weight excluding hydrogens is 252 g/mol. The molecule has 1 heterocycles. The van der Waals surface area contributed by atoms with Crippen LogP contribution in [0.5, 0.6) is 0 Å². The Morgan fingerprint density at radius 1 is 1.30 bits per heavy atom. The molecule has 0 spiro atoms. The van der Waals surface area contributed by atoms with E-state index in [1.807, 2.05) is 16.8 Å². The SMILES string of the molecule is N#Cc1cccn1CCCC(=O)Nc1ccc(N)cc1. The molecule has 0 atom stereocenters. The minimum absolute atomic E-state index is 0.0413. The Kier molecular flexibility index (Phi) is 4.40. The standard InChI is InChI=1S/C15H16N4O/c16-11-14-3-1-9-19(14)10-2-4-15(20)18-13-7-5-12(17)6-8-13/h1,3,5-9H,2,4,10,17H2,(H,18,20). The van der Waals surface area contributed by atoms with Gasteiger partial charge in [-0.2, -0.15) is 5.26 Å². The summed E-state index contributed by atoms with van der Waals surface area (Å²) in [5, 5.41) is 11.7. The third-order valence-corrected chi connectivity index (χ3v) is 2.94. The van der Waals surface area contributed by atoms with Crippen molar-refractivity contribution in [3.63, 3.8) is 0 Å². The quantitative estimate of drug-likeness (QED) is 0.816. The fourth-order valence-corrected chi connectivity index (χ4v) is 1.91. The Morgan fingerprint density at radius 3 is 2.75 bits per heavy atom. The molecule has 0 unspecified atom stereocenters. The van der Waals surface area contributed by atoms with Gasteiger partial charge in [-0.15, -0.1) is 0 Å². The Balaban J connectivity index is 1.78. The van der Waals surface area contributed by atoms with Crippen LogP contribution < -0.4 is 11.1 Å². The van der Waals surface area contributed by atoms with Crippen molar-refractivity contribution >= 4 is 17.3 Å². The van der Waals surface area contributed by atoms with Gasteiger partial charge in [0.05, 0.1) is 0 Å². The van der Waals surface area contributed by atoms with Crippen molar-refractivity contribution in [3.8, 4) is 6.07 Å². The Hall–Kier alpha value is -2.74. The minimum Gasteiger partial charge on any atom is -0.399 e. The van der Waals surface area contributed by atoms with Gasteiger partial charge in [0.25, 0.3) is 0 Å². The van der Waals surface area contributed by atoms with Gasteiger partial charge in [0.2, 0.25) is 5.91 Å². The van der Waals surface area contributed by atoms with Gasteiger partial charge >= 0.3 is 0 Å². The molecule has 20 heavy (non-hydrogen) atoms. The van der Waals surface area contributed by atoms with Crippen LogP contribution in [0.4, 0.5) is 11.4 Å². The molecule has 0 bridgehead atoms. The molecule has 3 N–H and O–H groups in total. The molecule has 2 rings (SSSR count). The number of nitriles is 1. The first-order chi connectivity index (χ1) is 9.69. The summed E-state index contributed by atoms with van der Waals surface area (Å²) in [4.78, 5) is 11.8. The van der Waals surface area contributed by atoms with Crippen molar-refractivity contribution in [3.05, 3.63) is 48.3 Å². The zero-order valence-electron chi connectivity index (χ0n) is 11.0. The van der Waals surface area contributed by atoms with Crippen LogP contribution in [0, 0.1) is 11.3 Å². The fourth-order valence-electron chi connectivity index (χ4n) is 1.91. The van der Waals surface area contributed by atoms with Gasteiger partial charge < -0.3 is 15.6 Å². The Labute approximate surface area is 117 Å². The molecule has 0 aliphatic rings. The molecule has 5 heteroatoms. The molecule has 1 aromatic heterocycles. The number of benzene rings is 1. The summed E-state index contributed by atoms with van der Waals surface area (Å²) < 4.78 is 1.84. The maximum atomic E-state index is 11.8. The highest BCUT2D eigenvalue weighted by atomic mass is 16.1. The number of carbonyl (C=O) groups excluding carboxylic acids is 1. The zero-order chi connectivity index (χ0) is 14.4. The van der Waals surface area contributed by atoms with Crippen LogP contribution in [0.2, 0.25) is 0 Å². The number of amides is 1. The first-order valence-corrected chi connectivity index (χ1v) is 6.39. The van der Waals surface area contributed by atoms with Gasteiger partial charge in [-0.1, -0.05) is 0 Å². The van der Waals surface area contributed by atoms with E-state index in [1.165, 1.54) is 0 Å². The van der Waals surface area contributed by atoms with E-state index in [0.717, 1.165) is 5.69 Å². The zero-order valence-corrected chi connectivity index (χ0v) is 11.0. The predicted octanol–water partition coefficient (Wildman–Crippen LogP) is 2.36. The van der Waals surface area contributed by atoms with Crippen molar-refractivity contribution < 1.29 is 4.79 Å². The van der Waals surface area contributed by atoms with Gasteiger partial charge in [0, 0.05) is 30.5 Å². The number of aryl methyl sites for hydroxylation is 1. The summed E-state index contributed by atoms with van der Waals surface area (Å²) in [5.41, 5.74) is 7.60. The van der Waals surface area contributed by atoms with Crippen molar-refractivity contribution in [1.29, 1.82) is 5.26 Å². The average Bonchev–Trinajstić information content (AvgIpc) is 2.89. The number of nitrogen functional groups attached to an aromatic ring is 1. The lowest BCUT2D eigenvalue weighted by Crippen LogP contribution is -2.12. The van der Waals surface area contributed by atoms with Gasteiger partial charge in [-0.05, 0) is 42.8 Å². The normalized spacial score (nSPS) is 9.95. The Bertz CT molecular complexity index is 622. The van der Waals surface area contributed by atoms with Crippen molar-refractivity contribution in [2.75, 3.05) is 11.1 Å². The van der Waals surface area contributed by atoms with E-state index in [9.17, 15) is 4.79 Å². The summed E-state index contributed by atoms with van der Waals surface area (Å²) in [6.07, 6.45) is 2.94. The van der Waals surface area contributed by atoms with Crippen molar-refractivity contribution in [2.45, 2.75) is 19.4 Å². The maximum absolute atomic E-state index is 11.8. The van der Waals surface area contributed by atoms with Crippen molar-refractivity contribution in [1.82, 2.24) is 4.57 Å². The third kappa shape index (κ3) is 3.62. The number of nitrogens with zero attached hydrogens (tertiary/aromatic N) is 2. The molecule has 102 valence electrons. The molecule has 0 saturated heterocycles. The lowest BCUT2D eigenvalue weighted by atomic mass is 10.2. The van der Waals surface area contributed by atoms with E-state index in [0.29, 0.717) is 30.8 Å². The highest BCUT2D eigenvalue weighted by molar-refractivity contribution is 5.90. The number of anilines is 2. The predicted molar refractivity (Wildman–Crippen MR) is 77.9 cm³/mol. The Morgan fingerprint density at radius 2 is 2.05 bits per heavy atom. The van der Waals surface area contributed by atoms with Gasteiger partial charge in [0.1, 0.15) is 11.8 Å². The highest BCUT2D eigenvalue weighted by Gasteiger charge is 2.04. The van der Waals surface area contributed by atoms with Gasteiger partial charge in [-0.3, -0.25) is 4.79 Å². The summed E-state index contributed by atoms with van der Waals surface area (Å²) >= 11 is 0. The summed E-state index contributed by atoms with van der Waals surface area (Å²) in [6, 6.07) is 12.7. The van der Waals surface area contributed by atoms with Crippen LogP contribution in [0.3, 0.4) is 0 Å². The van der Waals surface area contributed by atoms with Crippen LogP contribution in [-0.2, 0) is 11.3 Å². The van der Waals surface area contributed by atoms with Crippen LogP contribution >= 0.6 is 0 Å². The number of rotatable bonds is 5. The molecule has 0 aliphatic carbocycles. The smallest absolute Gasteiger partial charge is 0.224 e. The van der Waals surface area contributed by atoms with E-state index in [-0.39, 0.29) is 5.91 Å². The van der Waals surface area contributed by atoms with Crippen LogP contribution in [0.1, 0.15) is 18.5 Å². The van der Waals surface area contributed by atoms with Gasteiger partial charge in [0.15, 0.2) is 0 Å². The van der Waals surface area contributed by atoms with E-state index in [4.69, 9.17) is 11.0 Å². The molecule has 0 saturated carbocycles. The minimum atomic E-state index is -0.0413. The van der Waals surface area contributed by atoms with E-state index >= 15 is 0 Å². The second kappa shape index (κ2) is 6.43. The number of hydrogen-bond donors (Lipinski definition) is 2. The fraction of sp³-hybridized carbons (Fsp3) is 0.200. The monoisotopic (exact) mass is 268 g/mol. The van der Waals surface area contributed by atoms with Crippen LogP contribution in [-0.4, -0.2) is 10.5 Å². The number of hydrogen-bond acceptors (Lipinski definition) is 3. The molecule has 2 aromatic rings. The number of aromatic nitrogens is 1. The molecule has 1 amide bonds. The molecule has 0 aliphatic heterocycles. The van der Waals surface area contributed by atoms with Crippen LogP contribution in [0.25, 0.3) is 0 Å². The molecule has 0 fully saturated rings. The highest BCUT2D eigenvalue weighted by Crippen LogP contribution is 2.11. The van der Waals surface area contributed by atoms with E-state index in [2.05, 4.69) is 11.4 Å². The second-order valence-corrected chi connectivity index (χ2v) is 4.47. The lowest BCUT2D eigenvalue weighted by molar-refractivity contribution is -0.116. The molecule has 1 aromatic carbocycles. The first-order valence-electron chi connectivity index (χ1n) is 6.39. The lowest BCUT2D eigenvalue weighted by Gasteiger charge is -2.07. The van der Waals surface area contributed by atoms with Crippen LogP contribution in [0.15, 0.2) is 42.6 Å². The summed E-state index contributed by atoms with van der Waals surface area (Å²) in [5.74, 6) is -0.0413. The topological polar surface area (TPSA) is 83.8 Å².